The molecule has 2 N–H and O–H groups in total. The number of anilines is 1. The lowest BCUT2D eigenvalue weighted by Gasteiger charge is -2.07. The van der Waals surface area contributed by atoms with Crippen LogP contribution < -0.4 is 5.32 Å². The molecule has 18 heavy (non-hydrogen) atoms. The van der Waals surface area contributed by atoms with Crippen LogP contribution in [0.15, 0.2) is 23.7 Å². The van der Waals surface area contributed by atoms with Crippen molar-refractivity contribution in [3.63, 3.8) is 0 Å². The van der Waals surface area contributed by atoms with Gasteiger partial charge in [-0.15, -0.1) is 0 Å². The summed E-state index contributed by atoms with van der Waals surface area (Å²) in [5.41, 5.74) is -1.48. The Hall–Kier alpha value is -2.15. The summed E-state index contributed by atoms with van der Waals surface area (Å²) in [6.45, 7) is 3.35. The molecule has 96 valence electrons. The fraction of sp³-hybridized carbons (Fsp3) is 0.100. The van der Waals surface area contributed by atoms with Gasteiger partial charge in [-0.05, 0) is 0 Å². The van der Waals surface area contributed by atoms with E-state index in [9.17, 15) is 19.3 Å². The van der Waals surface area contributed by atoms with E-state index in [2.05, 4.69) is 11.9 Å². The molecule has 0 radical (unpaired) electrons. The lowest BCUT2D eigenvalue weighted by Crippen LogP contribution is -2.08. The lowest BCUT2D eigenvalue weighted by molar-refractivity contribution is -0.384. The first-order valence-electron chi connectivity index (χ1n) is 4.61. The average Bonchev–Trinajstić information content (AvgIpc) is 2.25. The van der Waals surface area contributed by atoms with Crippen LogP contribution in [-0.2, 0) is 0 Å². The maximum atomic E-state index is 13.4. The summed E-state index contributed by atoms with van der Waals surface area (Å²) in [7, 11) is 0. The highest BCUT2D eigenvalue weighted by Crippen LogP contribution is 2.28. The van der Waals surface area contributed by atoms with Crippen LogP contribution >= 0.6 is 11.6 Å². The lowest BCUT2D eigenvalue weighted by atomic mass is 10.1. The topological polar surface area (TPSA) is 92.5 Å². The zero-order chi connectivity index (χ0) is 13.9. The first-order valence-corrected chi connectivity index (χ1v) is 4.99. The molecule has 0 fully saturated rings. The van der Waals surface area contributed by atoms with Crippen LogP contribution in [-0.4, -0.2) is 22.5 Å². The number of carbonyl (C=O) groups is 1. The Morgan fingerprint density at radius 3 is 2.67 bits per heavy atom. The van der Waals surface area contributed by atoms with Gasteiger partial charge in [0.1, 0.15) is 17.1 Å². The van der Waals surface area contributed by atoms with Gasteiger partial charge in [0.05, 0.1) is 11.5 Å². The van der Waals surface area contributed by atoms with Gasteiger partial charge in [0.25, 0.3) is 5.69 Å². The van der Waals surface area contributed by atoms with E-state index in [-0.39, 0.29) is 17.3 Å². The summed E-state index contributed by atoms with van der Waals surface area (Å²) in [5.74, 6) is -2.65. The van der Waals surface area contributed by atoms with Gasteiger partial charge >= 0.3 is 5.97 Å². The van der Waals surface area contributed by atoms with E-state index in [0.717, 1.165) is 6.07 Å². The molecular weight excluding hydrogens is 267 g/mol. The summed E-state index contributed by atoms with van der Waals surface area (Å²) < 4.78 is 13.4. The predicted octanol–water partition coefficient (Wildman–Crippen LogP) is 2.60. The first-order chi connectivity index (χ1) is 8.32. The van der Waals surface area contributed by atoms with Gasteiger partial charge in [0.15, 0.2) is 0 Å². The number of aromatic carboxylic acids is 1. The Kier molecular flexibility index (Phi) is 4.22. The number of rotatable bonds is 5. The third-order valence-corrected chi connectivity index (χ3v) is 2.12. The standard InChI is InChI=1S/C10H8ClFN2O4/c1-5(11)4-13-8-3-7(12)6(10(15)16)2-9(8)14(17)18/h2-3,13H,1,4H2,(H,15,16). The van der Waals surface area contributed by atoms with E-state index in [0.29, 0.717) is 6.07 Å². The molecule has 0 saturated carbocycles. The fourth-order valence-corrected chi connectivity index (χ4v) is 1.28. The largest absolute Gasteiger partial charge is 0.478 e. The molecule has 0 bridgehead atoms. The molecule has 0 aliphatic carbocycles. The summed E-state index contributed by atoms with van der Waals surface area (Å²) in [6.07, 6.45) is 0. The Bertz CT molecular complexity index is 533. The van der Waals surface area contributed by atoms with E-state index in [1.807, 2.05) is 0 Å². The highest BCUT2D eigenvalue weighted by Gasteiger charge is 2.21. The fourth-order valence-electron chi connectivity index (χ4n) is 1.21. The molecule has 6 nitrogen and oxygen atoms in total. The second-order valence-corrected chi connectivity index (χ2v) is 3.82. The molecule has 1 aromatic carbocycles. The zero-order valence-electron chi connectivity index (χ0n) is 8.94. The van der Waals surface area contributed by atoms with Gasteiger partial charge in [0.2, 0.25) is 0 Å². The Labute approximate surface area is 106 Å². The minimum Gasteiger partial charge on any atom is -0.478 e. The molecule has 8 heteroatoms. The highest BCUT2D eigenvalue weighted by molar-refractivity contribution is 6.29. The molecule has 0 saturated heterocycles. The quantitative estimate of drug-likeness (QED) is 0.636. The molecule has 0 aromatic heterocycles. The number of nitro benzene ring substituents is 1. The van der Waals surface area contributed by atoms with Crippen LogP contribution in [0.1, 0.15) is 10.4 Å². The molecule has 1 rings (SSSR count). The van der Waals surface area contributed by atoms with Crippen molar-refractivity contribution in [1.82, 2.24) is 0 Å². The minimum absolute atomic E-state index is 0.00570. The maximum Gasteiger partial charge on any atom is 0.338 e. The van der Waals surface area contributed by atoms with Crippen molar-refractivity contribution in [2.45, 2.75) is 0 Å². The minimum atomic E-state index is -1.58. The van der Waals surface area contributed by atoms with E-state index in [1.165, 1.54) is 0 Å². The molecule has 0 atom stereocenters. The maximum absolute atomic E-state index is 13.4. The Balaban J connectivity index is 3.24. The molecule has 0 aliphatic rings. The van der Waals surface area contributed by atoms with Crippen molar-refractivity contribution in [3.8, 4) is 0 Å². The molecule has 0 amide bonds. The highest BCUT2D eigenvalue weighted by atomic mass is 35.5. The Morgan fingerprint density at radius 2 is 2.22 bits per heavy atom. The van der Waals surface area contributed by atoms with Crippen molar-refractivity contribution in [1.29, 1.82) is 0 Å². The van der Waals surface area contributed by atoms with Gasteiger partial charge in [-0.25, -0.2) is 9.18 Å². The van der Waals surface area contributed by atoms with Crippen molar-refractivity contribution >= 4 is 28.9 Å². The molecule has 0 spiro atoms. The first kappa shape index (κ1) is 13.9. The third-order valence-electron chi connectivity index (χ3n) is 1.98. The van der Waals surface area contributed by atoms with E-state index < -0.39 is 28.0 Å². The molecule has 1 aromatic rings. The van der Waals surface area contributed by atoms with Crippen LogP contribution in [0.4, 0.5) is 15.8 Å². The second kappa shape index (κ2) is 5.46. The number of benzene rings is 1. The van der Waals surface area contributed by atoms with Crippen LogP contribution in [0, 0.1) is 15.9 Å². The molecule has 0 heterocycles. The summed E-state index contributed by atoms with van der Waals surface area (Å²) in [4.78, 5) is 20.6. The summed E-state index contributed by atoms with van der Waals surface area (Å²) >= 11 is 5.47. The number of carboxylic acid groups (broad SMARTS) is 1. The summed E-state index contributed by atoms with van der Waals surface area (Å²) in [5, 5.41) is 22.1. The third kappa shape index (κ3) is 3.17. The van der Waals surface area contributed by atoms with Gasteiger partial charge in [0, 0.05) is 17.2 Å². The van der Waals surface area contributed by atoms with E-state index in [1.54, 1.807) is 0 Å². The predicted molar refractivity (Wildman–Crippen MR) is 63.5 cm³/mol. The van der Waals surface area contributed by atoms with Crippen molar-refractivity contribution < 1.29 is 19.2 Å². The van der Waals surface area contributed by atoms with Crippen molar-refractivity contribution in [2.24, 2.45) is 0 Å². The molecule has 0 aliphatic heterocycles. The number of nitrogens with one attached hydrogen (secondary N) is 1. The zero-order valence-corrected chi connectivity index (χ0v) is 9.70. The average molecular weight is 275 g/mol. The number of nitro groups is 1. The molecular formula is C10H8ClFN2O4. The number of nitrogens with zero attached hydrogens (tertiary/aromatic N) is 1. The number of hydrogen-bond donors (Lipinski definition) is 2. The van der Waals surface area contributed by atoms with E-state index in [4.69, 9.17) is 16.7 Å². The van der Waals surface area contributed by atoms with Crippen LogP contribution in [0.2, 0.25) is 0 Å². The summed E-state index contributed by atoms with van der Waals surface area (Å²) in [6, 6.07) is 1.39. The second-order valence-electron chi connectivity index (χ2n) is 3.28. The normalized spacial score (nSPS) is 9.89. The van der Waals surface area contributed by atoms with Gasteiger partial charge in [-0.1, -0.05) is 18.2 Å². The van der Waals surface area contributed by atoms with E-state index >= 15 is 0 Å². The van der Waals surface area contributed by atoms with Gasteiger partial charge < -0.3 is 10.4 Å². The number of halogens is 2. The number of hydrogen-bond acceptors (Lipinski definition) is 4. The van der Waals surface area contributed by atoms with Crippen molar-refractivity contribution in [2.75, 3.05) is 11.9 Å². The van der Waals surface area contributed by atoms with Crippen molar-refractivity contribution in [3.05, 3.63) is 45.2 Å². The monoisotopic (exact) mass is 274 g/mol. The van der Waals surface area contributed by atoms with Gasteiger partial charge in [-0.2, -0.15) is 0 Å². The smallest absolute Gasteiger partial charge is 0.338 e. The van der Waals surface area contributed by atoms with Crippen LogP contribution in [0.5, 0.6) is 0 Å². The van der Waals surface area contributed by atoms with Gasteiger partial charge in [-0.3, -0.25) is 10.1 Å². The number of carboxylic acids is 1. The van der Waals surface area contributed by atoms with Crippen LogP contribution in [0.25, 0.3) is 0 Å². The Morgan fingerprint density at radius 1 is 1.61 bits per heavy atom. The molecule has 0 unspecified atom stereocenters. The SMILES string of the molecule is C=C(Cl)CNc1cc(F)c(C(=O)O)cc1[N+](=O)[O-]. The van der Waals surface area contributed by atoms with Crippen LogP contribution in [0.3, 0.4) is 0 Å².